The van der Waals surface area contributed by atoms with Gasteiger partial charge in [-0.1, -0.05) is 18.2 Å². The molecule has 0 aliphatic rings. The number of hydrogen-bond donors (Lipinski definition) is 1. The normalized spacial score (nSPS) is 10.6. The lowest BCUT2D eigenvalue weighted by Crippen LogP contribution is -2.14. The van der Waals surface area contributed by atoms with Gasteiger partial charge in [-0.3, -0.25) is 10.1 Å². The van der Waals surface area contributed by atoms with Crippen molar-refractivity contribution < 1.29 is 4.79 Å². The van der Waals surface area contributed by atoms with Crippen molar-refractivity contribution in [1.29, 1.82) is 0 Å². The second kappa shape index (κ2) is 4.74. The van der Waals surface area contributed by atoms with Crippen LogP contribution in [-0.2, 0) is 0 Å². The predicted molar refractivity (Wildman–Crippen MR) is 74.3 cm³/mol. The van der Waals surface area contributed by atoms with Crippen molar-refractivity contribution in [2.24, 2.45) is 0 Å². The highest BCUT2D eigenvalue weighted by Gasteiger charge is 2.13. The average molecular weight is 270 g/mol. The largest absolute Gasteiger partial charge is 0.296 e. The lowest BCUT2D eigenvalue weighted by atomic mass is 10.2. The third-order valence-electron chi connectivity index (χ3n) is 2.60. The quantitative estimate of drug-likeness (QED) is 0.777. The Balaban J connectivity index is 1.97. The van der Waals surface area contributed by atoms with Gasteiger partial charge in [0.15, 0.2) is 5.13 Å². The number of carbonyl (C=O) groups excluding carboxylic acids is 1. The zero-order valence-electron chi connectivity index (χ0n) is 10.1. The fraction of sp³-hybridized carbons (Fsp3) is 0.0769. The molecule has 0 saturated heterocycles. The van der Waals surface area contributed by atoms with E-state index in [0.717, 1.165) is 16.6 Å². The van der Waals surface area contributed by atoms with E-state index in [-0.39, 0.29) is 5.91 Å². The number of fused-ring (bicyclic) bond motifs is 1. The lowest BCUT2D eigenvalue weighted by molar-refractivity contribution is 0.102. The number of rotatable bonds is 2. The van der Waals surface area contributed by atoms with Crippen molar-refractivity contribution in [1.82, 2.24) is 15.0 Å². The van der Waals surface area contributed by atoms with Gasteiger partial charge in [-0.2, -0.15) is 0 Å². The van der Waals surface area contributed by atoms with Crippen LogP contribution in [0.1, 0.15) is 16.2 Å². The zero-order chi connectivity index (χ0) is 13.2. The van der Waals surface area contributed by atoms with E-state index >= 15 is 0 Å². The topological polar surface area (TPSA) is 67.8 Å². The molecule has 5 nitrogen and oxygen atoms in total. The SMILES string of the molecule is Cc1csc(NC(=O)c2ncnc3ccccc23)n1. The molecule has 0 aliphatic heterocycles. The molecule has 3 rings (SSSR count). The van der Waals surface area contributed by atoms with Crippen LogP contribution < -0.4 is 5.32 Å². The molecule has 0 saturated carbocycles. The summed E-state index contributed by atoms with van der Waals surface area (Å²) in [5.74, 6) is -0.270. The van der Waals surface area contributed by atoms with Crippen LogP contribution >= 0.6 is 11.3 Å². The van der Waals surface area contributed by atoms with Crippen LogP contribution in [-0.4, -0.2) is 20.9 Å². The van der Waals surface area contributed by atoms with Crippen molar-refractivity contribution in [3.8, 4) is 0 Å². The van der Waals surface area contributed by atoms with Gasteiger partial charge in [0.25, 0.3) is 5.91 Å². The molecule has 0 spiro atoms. The van der Waals surface area contributed by atoms with Crippen LogP contribution in [0.15, 0.2) is 36.0 Å². The summed E-state index contributed by atoms with van der Waals surface area (Å²) >= 11 is 1.39. The highest BCUT2D eigenvalue weighted by molar-refractivity contribution is 7.13. The number of aryl methyl sites for hydroxylation is 1. The van der Waals surface area contributed by atoms with E-state index in [1.165, 1.54) is 17.7 Å². The molecule has 1 aromatic carbocycles. The highest BCUT2D eigenvalue weighted by Crippen LogP contribution is 2.18. The maximum Gasteiger partial charge on any atom is 0.276 e. The summed E-state index contributed by atoms with van der Waals surface area (Å²) in [5, 5.41) is 5.94. The van der Waals surface area contributed by atoms with Crippen molar-refractivity contribution in [3.05, 3.63) is 47.4 Å². The van der Waals surface area contributed by atoms with E-state index in [0.29, 0.717) is 10.8 Å². The summed E-state index contributed by atoms with van der Waals surface area (Å²) in [4.78, 5) is 24.6. The molecule has 2 heterocycles. The van der Waals surface area contributed by atoms with E-state index in [1.807, 2.05) is 36.6 Å². The Morgan fingerprint density at radius 3 is 2.89 bits per heavy atom. The monoisotopic (exact) mass is 270 g/mol. The number of carbonyl (C=O) groups is 1. The number of anilines is 1. The van der Waals surface area contributed by atoms with Crippen LogP contribution in [0.2, 0.25) is 0 Å². The van der Waals surface area contributed by atoms with Crippen molar-refractivity contribution in [2.45, 2.75) is 6.92 Å². The summed E-state index contributed by atoms with van der Waals surface area (Å²) in [7, 11) is 0. The number of aromatic nitrogens is 3. The van der Waals surface area contributed by atoms with Gasteiger partial charge in [0.05, 0.1) is 11.2 Å². The summed E-state index contributed by atoms with van der Waals surface area (Å²) in [5.41, 5.74) is 1.99. The first kappa shape index (κ1) is 11.7. The Labute approximate surface area is 113 Å². The summed E-state index contributed by atoms with van der Waals surface area (Å²) in [6.45, 7) is 1.88. The van der Waals surface area contributed by atoms with Gasteiger partial charge in [0.2, 0.25) is 0 Å². The third-order valence-corrected chi connectivity index (χ3v) is 3.47. The molecule has 19 heavy (non-hydrogen) atoms. The van der Waals surface area contributed by atoms with E-state index in [1.54, 1.807) is 0 Å². The van der Waals surface area contributed by atoms with Crippen LogP contribution in [0, 0.1) is 6.92 Å². The second-order valence-electron chi connectivity index (χ2n) is 3.99. The minimum atomic E-state index is -0.270. The van der Waals surface area contributed by atoms with Crippen molar-refractivity contribution >= 4 is 33.3 Å². The molecule has 0 unspecified atom stereocenters. The Morgan fingerprint density at radius 2 is 2.11 bits per heavy atom. The van der Waals surface area contributed by atoms with E-state index in [4.69, 9.17) is 0 Å². The average Bonchev–Trinajstić information content (AvgIpc) is 2.83. The van der Waals surface area contributed by atoms with E-state index < -0.39 is 0 Å². The molecule has 94 valence electrons. The smallest absolute Gasteiger partial charge is 0.276 e. The Hall–Kier alpha value is -2.34. The molecular formula is C13H10N4OS. The van der Waals surface area contributed by atoms with E-state index in [9.17, 15) is 4.79 Å². The first-order valence-electron chi connectivity index (χ1n) is 5.67. The summed E-state index contributed by atoms with van der Waals surface area (Å²) in [6.07, 6.45) is 1.39. The van der Waals surface area contributed by atoms with Gasteiger partial charge in [-0.15, -0.1) is 11.3 Å². The molecule has 3 aromatic rings. The Morgan fingerprint density at radius 1 is 1.26 bits per heavy atom. The van der Waals surface area contributed by atoms with Gasteiger partial charge in [-0.05, 0) is 13.0 Å². The minimum Gasteiger partial charge on any atom is -0.296 e. The lowest BCUT2D eigenvalue weighted by Gasteiger charge is -2.04. The molecular weight excluding hydrogens is 260 g/mol. The number of thiazole rings is 1. The molecule has 0 aliphatic carbocycles. The molecule has 2 aromatic heterocycles. The van der Waals surface area contributed by atoms with Crippen molar-refractivity contribution in [2.75, 3.05) is 5.32 Å². The Kier molecular flexibility index (Phi) is 2.92. The molecule has 0 fully saturated rings. The first-order valence-corrected chi connectivity index (χ1v) is 6.55. The standard InChI is InChI=1S/C13H10N4OS/c1-8-6-19-13(16-8)17-12(18)11-9-4-2-3-5-10(9)14-7-15-11/h2-7H,1H3,(H,16,17,18). The fourth-order valence-corrected chi connectivity index (χ4v) is 2.44. The second-order valence-corrected chi connectivity index (χ2v) is 4.85. The minimum absolute atomic E-state index is 0.270. The molecule has 1 N–H and O–H groups in total. The predicted octanol–water partition coefficient (Wildman–Crippen LogP) is 2.65. The fourth-order valence-electron chi connectivity index (χ4n) is 1.75. The highest BCUT2D eigenvalue weighted by atomic mass is 32.1. The number of hydrogen-bond acceptors (Lipinski definition) is 5. The van der Waals surface area contributed by atoms with Gasteiger partial charge in [0.1, 0.15) is 12.0 Å². The molecule has 0 bridgehead atoms. The van der Waals surface area contributed by atoms with Gasteiger partial charge < -0.3 is 0 Å². The molecule has 0 atom stereocenters. The van der Waals surface area contributed by atoms with Crippen molar-refractivity contribution in [3.63, 3.8) is 0 Å². The van der Waals surface area contributed by atoms with Crippen LogP contribution in [0.3, 0.4) is 0 Å². The maximum absolute atomic E-state index is 12.2. The molecule has 6 heteroatoms. The summed E-state index contributed by atoms with van der Waals surface area (Å²) in [6, 6.07) is 7.41. The number of nitrogens with zero attached hydrogens (tertiary/aromatic N) is 3. The molecule has 1 amide bonds. The Bertz CT molecular complexity index is 748. The van der Waals surface area contributed by atoms with Crippen LogP contribution in [0.25, 0.3) is 10.9 Å². The van der Waals surface area contributed by atoms with Gasteiger partial charge >= 0.3 is 0 Å². The molecule has 0 radical (unpaired) electrons. The number of benzene rings is 1. The number of amides is 1. The number of nitrogens with one attached hydrogen (secondary N) is 1. The maximum atomic E-state index is 12.2. The van der Waals surface area contributed by atoms with Gasteiger partial charge in [-0.25, -0.2) is 15.0 Å². The third kappa shape index (κ3) is 2.30. The zero-order valence-corrected chi connectivity index (χ0v) is 10.9. The van der Waals surface area contributed by atoms with Crippen LogP contribution in [0.4, 0.5) is 5.13 Å². The summed E-state index contributed by atoms with van der Waals surface area (Å²) < 4.78 is 0. The number of para-hydroxylation sites is 1. The van der Waals surface area contributed by atoms with E-state index in [2.05, 4.69) is 20.3 Å². The first-order chi connectivity index (χ1) is 9.24. The van der Waals surface area contributed by atoms with Gasteiger partial charge in [0, 0.05) is 10.8 Å². The van der Waals surface area contributed by atoms with Crippen LogP contribution in [0.5, 0.6) is 0 Å².